The summed E-state index contributed by atoms with van der Waals surface area (Å²) in [5.41, 5.74) is 0. The molecule has 2 saturated carbocycles. The van der Waals surface area contributed by atoms with Gasteiger partial charge in [-0.3, -0.25) is 4.79 Å². The molecule has 0 aromatic carbocycles. The van der Waals surface area contributed by atoms with Gasteiger partial charge in [-0.1, -0.05) is 19.3 Å². The third kappa shape index (κ3) is 3.65. The molecule has 2 aliphatic heterocycles. The molecule has 2 saturated heterocycles. The summed E-state index contributed by atoms with van der Waals surface area (Å²) in [5.74, 6) is 0.982. The van der Waals surface area contributed by atoms with Crippen molar-refractivity contribution in [3.8, 4) is 0 Å². The molecule has 0 N–H and O–H groups in total. The van der Waals surface area contributed by atoms with E-state index in [1.165, 1.54) is 38.5 Å². The van der Waals surface area contributed by atoms with E-state index in [1.807, 2.05) is 0 Å². The molecule has 6 unspecified atom stereocenters. The van der Waals surface area contributed by atoms with Gasteiger partial charge in [-0.05, 0) is 50.9 Å². The SMILES string of the molecule is O=C(OCCCCCC1CCC2OC2C1)C1CCC2OC2C1. The quantitative estimate of drug-likeness (QED) is 0.412. The molecule has 4 rings (SSSR count). The number of carbonyl (C=O) groups excluding carboxylic acids is 1. The molecule has 0 aromatic rings. The summed E-state index contributed by atoms with van der Waals surface area (Å²) in [5, 5.41) is 0. The molecule has 4 nitrogen and oxygen atoms in total. The van der Waals surface area contributed by atoms with E-state index in [9.17, 15) is 4.79 Å². The lowest BCUT2D eigenvalue weighted by molar-refractivity contribution is -0.149. The Hall–Kier alpha value is -0.610. The highest BCUT2D eigenvalue weighted by atomic mass is 16.6. The molecule has 2 heterocycles. The largest absolute Gasteiger partial charge is 0.465 e. The van der Waals surface area contributed by atoms with Crippen LogP contribution >= 0.6 is 0 Å². The Labute approximate surface area is 132 Å². The van der Waals surface area contributed by atoms with Crippen LogP contribution in [0, 0.1) is 11.8 Å². The number of carbonyl (C=O) groups is 1. The Morgan fingerprint density at radius 2 is 1.64 bits per heavy atom. The summed E-state index contributed by atoms with van der Waals surface area (Å²) in [4.78, 5) is 12.0. The van der Waals surface area contributed by atoms with E-state index in [4.69, 9.17) is 14.2 Å². The summed E-state index contributed by atoms with van der Waals surface area (Å²) in [6, 6.07) is 0. The molecule has 2 aliphatic carbocycles. The van der Waals surface area contributed by atoms with Crippen molar-refractivity contribution in [2.45, 2.75) is 88.6 Å². The molecule has 0 spiro atoms. The van der Waals surface area contributed by atoms with Gasteiger partial charge < -0.3 is 14.2 Å². The van der Waals surface area contributed by atoms with E-state index < -0.39 is 0 Å². The number of hydrogen-bond acceptors (Lipinski definition) is 4. The fourth-order valence-corrected chi connectivity index (χ4v) is 4.37. The molecule has 0 radical (unpaired) electrons. The van der Waals surface area contributed by atoms with Gasteiger partial charge in [-0.15, -0.1) is 0 Å². The number of esters is 1. The minimum atomic E-state index is 0.0122. The van der Waals surface area contributed by atoms with Crippen LogP contribution in [0.15, 0.2) is 0 Å². The van der Waals surface area contributed by atoms with Crippen LogP contribution in [0.5, 0.6) is 0 Å². The van der Waals surface area contributed by atoms with E-state index >= 15 is 0 Å². The van der Waals surface area contributed by atoms with Gasteiger partial charge in [0.15, 0.2) is 0 Å². The fraction of sp³-hybridized carbons (Fsp3) is 0.944. The van der Waals surface area contributed by atoms with Crippen LogP contribution < -0.4 is 0 Å². The average molecular weight is 308 g/mol. The number of ether oxygens (including phenoxy) is 3. The minimum Gasteiger partial charge on any atom is -0.465 e. The molecule has 124 valence electrons. The molecule has 4 fully saturated rings. The number of epoxide rings is 2. The third-order valence-corrected chi connectivity index (χ3v) is 5.95. The van der Waals surface area contributed by atoms with E-state index in [2.05, 4.69) is 0 Å². The third-order valence-electron chi connectivity index (χ3n) is 5.95. The van der Waals surface area contributed by atoms with Gasteiger partial charge in [-0.2, -0.15) is 0 Å². The first kappa shape index (κ1) is 14.9. The standard InChI is InChI=1S/C18H28O4/c19-18(13-6-8-15-17(11-13)22-15)20-9-3-1-2-4-12-5-7-14-16(10-12)21-14/h12-17H,1-11H2. The molecule has 22 heavy (non-hydrogen) atoms. The van der Waals surface area contributed by atoms with Crippen molar-refractivity contribution in [2.75, 3.05) is 6.61 Å². The highest BCUT2D eigenvalue weighted by Crippen LogP contribution is 2.41. The highest BCUT2D eigenvalue weighted by molar-refractivity contribution is 5.72. The van der Waals surface area contributed by atoms with Crippen LogP contribution in [0.1, 0.15) is 64.2 Å². The Morgan fingerprint density at radius 1 is 0.864 bits per heavy atom. The van der Waals surface area contributed by atoms with Crippen LogP contribution in [0.3, 0.4) is 0 Å². The normalized spacial score (nSPS) is 42.2. The molecule has 0 amide bonds. The topological polar surface area (TPSA) is 51.4 Å². The van der Waals surface area contributed by atoms with E-state index in [-0.39, 0.29) is 11.9 Å². The van der Waals surface area contributed by atoms with E-state index in [1.54, 1.807) is 0 Å². The number of fused-ring (bicyclic) bond motifs is 2. The molecule has 6 atom stereocenters. The molecular formula is C18H28O4. The average Bonchev–Trinajstić information content (AvgIpc) is 3.43. The van der Waals surface area contributed by atoms with Gasteiger partial charge in [0, 0.05) is 0 Å². The summed E-state index contributed by atoms with van der Waals surface area (Å²) in [7, 11) is 0. The monoisotopic (exact) mass is 308 g/mol. The maximum absolute atomic E-state index is 12.0. The van der Waals surface area contributed by atoms with Gasteiger partial charge >= 0.3 is 5.97 Å². The highest BCUT2D eigenvalue weighted by Gasteiger charge is 2.46. The first-order chi connectivity index (χ1) is 10.8. The minimum absolute atomic E-state index is 0.0122. The molecule has 4 aliphatic rings. The number of unbranched alkanes of at least 4 members (excludes halogenated alkanes) is 2. The van der Waals surface area contributed by atoms with Crippen LogP contribution in [0.25, 0.3) is 0 Å². The summed E-state index contributed by atoms with van der Waals surface area (Å²) < 4.78 is 16.5. The van der Waals surface area contributed by atoms with Crippen molar-refractivity contribution < 1.29 is 19.0 Å². The Bertz CT molecular complexity index is 410. The predicted molar refractivity (Wildman–Crippen MR) is 81.4 cm³/mol. The Kier molecular flexibility index (Phi) is 4.40. The summed E-state index contributed by atoms with van der Waals surface area (Å²) >= 11 is 0. The second-order valence-electron chi connectivity index (χ2n) is 7.63. The van der Waals surface area contributed by atoms with Crippen molar-refractivity contribution in [3.05, 3.63) is 0 Å². The molecule has 0 bridgehead atoms. The number of rotatable bonds is 7. The lowest BCUT2D eigenvalue weighted by atomic mass is 9.86. The molecular weight excluding hydrogens is 280 g/mol. The van der Waals surface area contributed by atoms with Gasteiger partial charge in [0.05, 0.1) is 36.9 Å². The maximum Gasteiger partial charge on any atom is 0.309 e. The predicted octanol–water partition coefficient (Wildman–Crippen LogP) is 3.23. The zero-order chi connectivity index (χ0) is 14.9. The van der Waals surface area contributed by atoms with Crippen molar-refractivity contribution in [1.29, 1.82) is 0 Å². The van der Waals surface area contributed by atoms with Gasteiger partial charge in [0.2, 0.25) is 0 Å². The Balaban J connectivity index is 1.03. The van der Waals surface area contributed by atoms with Gasteiger partial charge in [0.1, 0.15) is 0 Å². The van der Waals surface area contributed by atoms with E-state index in [0.29, 0.717) is 31.0 Å². The van der Waals surface area contributed by atoms with E-state index in [0.717, 1.165) is 31.6 Å². The van der Waals surface area contributed by atoms with Crippen LogP contribution in [0.2, 0.25) is 0 Å². The van der Waals surface area contributed by atoms with Crippen LogP contribution in [-0.2, 0) is 19.0 Å². The molecule has 0 aromatic heterocycles. The van der Waals surface area contributed by atoms with Crippen LogP contribution in [0.4, 0.5) is 0 Å². The van der Waals surface area contributed by atoms with Crippen molar-refractivity contribution >= 4 is 5.97 Å². The smallest absolute Gasteiger partial charge is 0.309 e. The second-order valence-corrected chi connectivity index (χ2v) is 7.63. The summed E-state index contributed by atoms with van der Waals surface area (Å²) in [6.45, 7) is 0.600. The first-order valence-electron chi connectivity index (χ1n) is 9.27. The van der Waals surface area contributed by atoms with Crippen molar-refractivity contribution in [2.24, 2.45) is 11.8 Å². The van der Waals surface area contributed by atoms with Gasteiger partial charge in [-0.25, -0.2) is 0 Å². The second kappa shape index (κ2) is 6.48. The first-order valence-corrected chi connectivity index (χ1v) is 9.27. The zero-order valence-electron chi connectivity index (χ0n) is 13.4. The van der Waals surface area contributed by atoms with Gasteiger partial charge in [0.25, 0.3) is 0 Å². The molecule has 4 heteroatoms. The number of hydrogen-bond donors (Lipinski definition) is 0. The lowest BCUT2D eigenvalue weighted by Crippen LogP contribution is -2.24. The maximum atomic E-state index is 12.0. The fourth-order valence-electron chi connectivity index (χ4n) is 4.37. The van der Waals surface area contributed by atoms with Crippen molar-refractivity contribution in [1.82, 2.24) is 0 Å². The summed E-state index contributed by atoms with van der Waals surface area (Å²) in [6.07, 6.45) is 13.6. The Morgan fingerprint density at radius 3 is 2.41 bits per heavy atom. The zero-order valence-corrected chi connectivity index (χ0v) is 13.4. The lowest BCUT2D eigenvalue weighted by Gasteiger charge is -2.19. The van der Waals surface area contributed by atoms with Crippen molar-refractivity contribution in [3.63, 3.8) is 0 Å². The van der Waals surface area contributed by atoms with Crippen LogP contribution in [-0.4, -0.2) is 37.0 Å².